The highest BCUT2D eigenvalue weighted by Gasteiger charge is 2.16. The van der Waals surface area contributed by atoms with Crippen molar-refractivity contribution in [2.45, 2.75) is 6.92 Å². The van der Waals surface area contributed by atoms with Crippen molar-refractivity contribution in [1.29, 1.82) is 0 Å². The minimum atomic E-state index is -0.247. The van der Waals surface area contributed by atoms with Gasteiger partial charge >= 0.3 is 0 Å². The molecular formula is C23H21FN2O3. The summed E-state index contributed by atoms with van der Waals surface area (Å²) in [7, 11) is 4.71. The Kier molecular flexibility index (Phi) is 4.84. The van der Waals surface area contributed by atoms with Gasteiger partial charge < -0.3 is 14.2 Å². The zero-order valence-corrected chi connectivity index (χ0v) is 16.7. The van der Waals surface area contributed by atoms with Gasteiger partial charge in [0, 0.05) is 17.7 Å². The van der Waals surface area contributed by atoms with Gasteiger partial charge in [-0.15, -0.1) is 0 Å². The van der Waals surface area contributed by atoms with Crippen LogP contribution in [-0.4, -0.2) is 30.9 Å². The molecule has 0 unspecified atom stereocenters. The SMILES string of the molecule is COc1cc(-n2cnc3ccc(-c4ccc(C)cc4F)cc32)cc(OC)c1OC. The summed E-state index contributed by atoms with van der Waals surface area (Å²) in [5.41, 5.74) is 4.66. The number of hydrogen-bond donors (Lipinski definition) is 0. The molecule has 148 valence electrons. The second-order valence-corrected chi connectivity index (χ2v) is 6.68. The van der Waals surface area contributed by atoms with E-state index in [4.69, 9.17) is 14.2 Å². The maximum atomic E-state index is 14.5. The average molecular weight is 392 g/mol. The third-order valence-corrected chi connectivity index (χ3v) is 4.91. The van der Waals surface area contributed by atoms with Gasteiger partial charge in [-0.25, -0.2) is 9.37 Å². The van der Waals surface area contributed by atoms with Crippen molar-refractivity contribution >= 4 is 11.0 Å². The van der Waals surface area contributed by atoms with Gasteiger partial charge in [-0.2, -0.15) is 0 Å². The Hall–Kier alpha value is -3.54. The monoisotopic (exact) mass is 392 g/mol. The topological polar surface area (TPSA) is 45.5 Å². The third-order valence-electron chi connectivity index (χ3n) is 4.91. The second kappa shape index (κ2) is 7.47. The molecule has 0 aliphatic heterocycles. The minimum absolute atomic E-state index is 0.247. The lowest BCUT2D eigenvalue weighted by Gasteiger charge is -2.15. The number of benzene rings is 3. The van der Waals surface area contributed by atoms with E-state index in [2.05, 4.69) is 4.98 Å². The Bertz CT molecular complexity index is 1180. The van der Waals surface area contributed by atoms with E-state index in [1.807, 2.05) is 47.9 Å². The van der Waals surface area contributed by atoms with Gasteiger partial charge in [-0.3, -0.25) is 4.57 Å². The first-order valence-electron chi connectivity index (χ1n) is 9.09. The molecule has 4 rings (SSSR count). The van der Waals surface area contributed by atoms with Gasteiger partial charge in [0.2, 0.25) is 5.75 Å². The Labute approximate surface area is 168 Å². The van der Waals surface area contributed by atoms with Crippen LogP contribution in [0.5, 0.6) is 17.2 Å². The van der Waals surface area contributed by atoms with E-state index in [1.165, 1.54) is 6.07 Å². The third kappa shape index (κ3) is 3.27. The first kappa shape index (κ1) is 18.8. The Morgan fingerprint density at radius 2 is 1.59 bits per heavy atom. The number of halogens is 1. The lowest BCUT2D eigenvalue weighted by atomic mass is 10.0. The summed E-state index contributed by atoms with van der Waals surface area (Å²) in [6.45, 7) is 1.87. The first-order chi connectivity index (χ1) is 14.0. The predicted octanol–water partition coefficient (Wildman–Crippen LogP) is 5.17. The van der Waals surface area contributed by atoms with Crippen molar-refractivity contribution in [1.82, 2.24) is 9.55 Å². The van der Waals surface area contributed by atoms with Crippen molar-refractivity contribution in [3.05, 3.63) is 66.2 Å². The molecule has 0 atom stereocenters. The Morgan fingerprint density at radius 1 is 0.862 bits per heavy atom. The van der Waals surface area contributed by atoms with Crippen LogP contribution in [0.3, 0.4) is 0 Å². The molecule has 29 heavy (non-hydrogen) atoms. The fraction of sp³-hybridized carbons (Fsp3) is 0.174. The van der Waals surface area contributed by atoms with Gasteiger partial charge in [-0.1, -0.05) is 18.2 Å². The highest BCUT2D eigenvalue weighted by atomic mass is 19.1. The number of aryl methyl sites for hydroxylation is 1. The number of nitrogens with zero attached hydrogens (tertiary/aromatic N) is 2. The van der Waals surface area contributed by atoms with E-state index in [9.17, 15) is 4.39 Å². The van der Waals surface area contributed by atoms with Crippen LogP contribution in [0, 0.1) is 12.7 Å². The van der Waals surface area contributed by atoms with Crippen molar-refractivity contribution < 1.29 is 18.6 Å². The smallest absolute Gasteiger partial charge is 0.203 e. The molecule has 0 N–H and O–H groups in total. The molecular weight excluding hydrogens is 371 g/mol. The summed E-state index contributed by atoms with van der Waals surface area (Å²) in [5.74, 6) is 1.36. The highest BCUT2D eigenvalue weighted by Crippen LogP contribution is 2.40. The van der Waals surface area contributed by atoms with Gasteiger partial charge in [0.25, 0.3) is 0 Å². The minimum Gasteiger partial charge on any atom is -0.493 e. The van der Waals surface area contributed by atoms with Crippen LogP contribution >= 0.6 is 0 Å². The number of hydrogen-bond acceptors (Lipinski definition) is 4. The summed E-state index contributed by atoms with van der Waals surface area (Å²) < 4.78 is 32.7. The van der Waals surface area contributed by atoms with E-state index in [1.54, 1.807) is 33.7 Å². The molecule has 1 heterocycles. The number of aromatic nitrogens is 2. The summed E-state index contributed by atoms with van der Waals surface area (Å²) in [6.07, 6.45) is 1.72. The number of ether oxygens (including phenoxy) is 3. The van der Waals surface area contributed by atoms with Gasteiger partial charge in [-0.05, 0) is 36.2 Å². The molecule has 0 aliphatic carbocycles. The van der Waals surface area contributed by atoms with Gasteiger partial charge in [0.15, 0.2) is 11.5 Å². The summed E-state index contributed by atoms with van der Waals surface area (Å²) in [6, 6.07) is 14.6. The van der Waals surface area contributed by atoms with Crippen molar-refractivity contribution in [2.24, 2.45) is 0 Å². The zero-order valence-electron chi connectivity index (χ0n) is 16.7. The van der Waals surface area contributed by atoms with Crippen LogP contribution in [0.2, 0.25) is 0 Å². The highest BCUT2D eigenvalue weighted by molar-refractivity contribution is 5.84. The van der Waals surface area contributed by atoms with Crippen molar-refractivity contribution in [2.75, 3.05) is 21.3 Å². The molecule has 0 bridgehead atoms. The van der Waals surface area contributed by atoms with E-state index in [-0.39, 0.29) is 5.82 Å². The van der Waals surface area contributed by atoms with E-state index < -0.39 is 0 Å². The zero-order chi connectivity index (χ0) is 20.5. The van der Waals surface area contributed by atoms with Crippen LogP contribution < -0.4 is 14.2 Å². The van der Waals surface area contributed by atoms with E-state index in [0.717, 1.165) is 27.8 Å². The largest absolute Gasteiger partial charge is 0.493 e. The fourth-order valence-electron chi connectivity index (χ4n) is 3.44. The van der Waals surface area contributed by atoms with Crippen LogP contribution in [0.15, 0.2) is 54.9 Å². The summed E-state index contributed by atoms with van der Waals surface area (Å²) in [4.78, 5) is 4.48. The number of rotatable bonds is 5. The number of imidazole rings is 1. The Balaban J connectivity index is 1.89. The molecule has 0 spiro atoms. The van der Waals surface area contributed by atoms with E-state index >= 15 is 0 Å². The Morgan fingerprint density at radius 3 is 2.21 bits per heavy atom. The average Bonchev–Trinajstić information content (AvgIpc) is 3.15. The number of fused-ring (bicyclic) bond motifs is 1. The van der Waals surface area contributed by atoms with Gasteiger partial charge in [0.05, 0.1) is 38.1 Å². The lowest BCUT2D eigenvalue weighted by molar-refractivity contribution is 0.324. The molecule has 5 nitrogen and oxygen atoms in total. The summed E-state index contributed by atoms with van der Waals surface area (Å²) in [5, 5.41) is 0. The fourth-order valence-corrected chi connectivity index (χ4v) is 3.44. The first-order valence-corrected chi connectivity index (χ1v) is 9.09. The standard InChI is InChI=1S/C23H21FN2O3/c1-14-5-7-17(18(24)9-14)15-6-8-19-20(10-15)26(13-25-19)16-11-21(27-2)23(29-4)22(12-16)28-3/h5-13H,1-4H3. The number of methoxy groups -OCH3 is 3. The molecule has 3 aromatic carbocycles. The molecule has 0 amide bonds. The molecule has 0 fully saturated rings. The normalized spacial score (nSPS) is 10.9. The maximum Gasteiger partial charge on any atom is 0.203 e. The maximum absolute atomic E-state index is 14.5. The second-order valence-electron chi connectivity index (χ2n) is 6.68. The van der Waals surface area contributed by atoms with Gasteiger partial charge in [0.1, 0.15) is 12.1 Å². The molecule has 4 aromatic rings. The van der Waals surface area contributed by atoms with Crippen LogP contribution in [-0.2, 0) is 0 Å². The van der Waals surface area contributed by atoms with Crippen LogP contribution in [0.4, 0.5) is 4.39 Å². The molecule has 6 heteroatoms. The lowest BCUT2D eigenvalue weighted by Crippen LogP contribution is -1.99. The van der Waals surface area contributed by atoms with Crippen LogP contribution in [0.1, 0.15) is 5.56 Å². The van der Waals surface area contributed by atoms with Crippen molar-refractivity contribution in [3.8, 4) is 34.1 Å². The quantitative estimate of drug-likeness (QED) is 0.470. The van der Waals surface area contributed by atoms with E-state index in [0.29, 0.717) is 22.8 Å². The summed E-state index contributed by atoms with van der Waals surface area (Å²) >= 11 is 0. The molecule has 1 aromatic heterocycles. The predicted molar refractivity (Wildman–Crippen MR) is 111 cm³/mol. The van der Waals surface area contributed by atoms with Crippen molar-refractivity contribution in [3.63, 3.8) is 0 Å². The van der Waals surface area contributed by atoms with Crippen LogP contribution in [0.25, 0.3) is 27.8 Å². The molecule has 0 radical (unpaired) electrons. The molecule has 0 saturated carbocycles. The molecule has 0 saturated heterocycles. The molecule has 0 aliphatic rings.